The van der Waals surface area contributed by atoms with Crippen molar-refractivity contribution in [2.75, 3.05) is 0 Å². The van der Waals surface area contributed by atoms with Gasteiger partial charge >= 0.3 is 0 Å². The molecule has 0 N–H and O–H groups in total. The van der Waals surface area contributed by atoms with E-state index < -0.39 is 0 Å². The number of hydrogen-bond donors (Lipinski definition) is 0. The van der Waals surface area contributed by atoms with E-state index in [2.05, 4.69) is 31.5 Å². The molecule has 95 valence electrons. The molecule has 0 aromatic heterocycles. The highest BCUT2D eigenvalue weighted by Gasteiger charge is 2.00. The van der Waals surface area contributed by atoms with E-state index in [0.29, 0.717) is 0 Å². The number of para-hydroxylation sites is 1. The van der Waals surface area contributed by atoms with Crippen molar-refractivity contribution in [3.63, 3.8) is 0 Å². The molecule has 0 atom stereocenters. The van der Waals surface area contributed by atoms with Gasteiger partial charge in [-0.3, -0.25) is 0 Å². The summed E-state index contributed by atoms with van der Waals surface area (Å²) in [6.45, 7) is 0. The van der Waals surface area contributed by atoms with Gasteiger partial charge in [0.2, 0.25) is 0 Å². The van der Waals surface area contributed by atoms with Crippen molar-refractivity contribution in [3.8, 4) is 11.5 Å². The molecule has 2 heteroatoms. The summed E-state index contributed by atoms with van der Waals surface area (Å²) in [5, 5.41) is 0. The van der Waals surface area contributed by atoms with E-state index in [1.165, 1.54) is 5.46 Å². The van der Waals surface area contributed by atoms with Crippen LogP contribution in [0, 0.1) is 0 Å². The van der Waals surface area contributed by atoms with Crippen LogP contribution in [0.2, 0.25) is 0 Å². The fraction of sp³-hybridized carbons (Fsp3) is 0. The van der Waals surface area contributed by atoms with Crippen molar-refractivity contribution in [3.05, 3.63) is 84.9 Å². The van der Waals surface area contributed by atoms with Crippen molar-refractivity contribution in [2.45, 2.75) is 0 Å². The Morgan fingerprint density at radius 2 is 1.00 bits per heavy atom. The monoisotopic (exact) mass is 257 g/mol. The van der Waals surface area contributed by atoms with Crippen LogP contribution in [0.3, 0.4) is 0 Å². The average molecular weight is 257 g/mol. The summed E-state index contributed by atoms with van der Waals surface area (Å²) < 4.78 is 5.77. The summed E-state index contributed by atoms with van der Waals surface area (Å²) in [6, 6.07) is 28.2. The van der Waals surface area contributed by atoms with Gasteiger partial charge in [0.15, 0.2) is 7.28 Å². The molecule has 0 unspecified atom stereocenters. The summed E-state index contributed by atoms with van der Waals surface area (Å²) in [6.07, 6.45) is 0. The Kier molecular flexibility index (Phi) is 3.84. The molecule has 0 bridgehead atoms. The normalized spacial score (nSPS) is 10.0. The second kappa shape index (κ2) is 6.11. The lowest BCUT2D eigenvalue weighted by Gasteiger charge is -2.06. The van der Waals surface area contributed by atoms with Crippen molar-refractivity contribution >= 4 is 18.2 Å². The van der Waals surface area contributed by atoms with Crippen LogP contribution in [0.4, 0.5) is 0 Å². The lowest BCUT2D eigenvalue weighted by molar-refractivity contribution is 0.483. The fourth-order valence-electron chi connectivity index (χ4n) is 2.00. The maximum atomic E-state index is 5.77. The molecular weight excluding hydrogens is 243 g/mol. The predicted molar refractivity (Wildman–Crippen MR) is 84.4 cm³/mol. The first-order chi connectivity index (χ1) is 9.90. The molecule has 0 amide bonds. The summed E-state index contributed by atoms with van der Waals surface area (Å²) in [4.78, 5) is 0. The van der Waals surface area contributed by atoms with Crippen LogP contribution < -0.4 is 15.7 Å². The van der Waals surface area contributed by atoms with Crippen LogP contribution in [0.25, 0.3) is 0 Å². The minimum atomic E-state index is 0.849. The topological polar surface area (TPSA) is 9.23 Å². The zero-order valence-electron chi connectivity index (χ0n) is 11.1. The Labute approximate surface area is 120 Å². The van der Waals surface area contributed by atoms with Gasteiger partial charge in [-0.2, -0.15) is 0 Å². The van der Waals surface area contributed by atoms with E-state index in [0.717, 1.165) is 17.0 Å². The molecule has 0 heterocycles. The minimum Gasteiger partial charge on any atom is -0.457 e. The van der Waals surface area contributed by atoms with Gasteiger partial charge in [0.25, 0.3) is 0 Å². The van der Waals surface area contributed by atoms with Crippen LogP contribution >= 0.6 is 0 Å². The highest BCUT2D eigenvalue weighted by atomic mass is 16.5. The molecular formula is C18H14BO. The van der Waals surface area contributed by atoms with Crippen LogP contribution in [0.1, 0.15) is 0 Å². The van der Waals surface area contributed by atoms with E-state index in [1.807, 2.05) is 60.7 Å². The number of ether oxygens (including phenoxy) is 1. The Bertz CT molecular complexity index is 588. The summed E-state index contributed by atoms with van der Waals surface area (Å²) >= 11 is 0. The van der Waals surface area contributed by atoms with Gasteiger partial charge in [-0.05, 0) is 24.3 Å². The second-order valence-electron chi connectivity index (χ2n) is 4.54. The van der Waals surface area contributed by atoms with E-state index in [4.69, 9.17) is 4.74 Å². The molecule has 20 heavy (non-hydrogen) atoms. The van der Waals surface area contributed by atoms with Crippen molar-refractivity contribution < 1.29 is 4.74 Å². The third-order valence-corrected chi connectivity index (χ3v) is 2.99. The molecule has 3 aromatic carbocycles. The summed E-state index contributed by atoms with van der Waals surface area (Å²) in [7, 11) is 2.15. The Balaban J connectivity index is 1.69. The van der Waals surface area contributed by atoms with Gasteiger partial charge in [-0.15, -0.1) is 0 Å². The largest absolute Gasteiger partial charge is 0.457 e. The van der Waals surface area contributed by atoms with Gasteiger partial charge in [-0.25, -0.2) is 0 Å². The van der Waals surface area contributed by atoms with Crippen LogP contribution in [0.5, 0.6) is 11.5 Å². The van der Waals surface area contributed by atoms with E-state index in [1.54, 1.807) is 0 Å². The molecule has 1 nitrogen and oxygen atoms in total. The van der Waals surface area contributed by atoms with Gasteiger partial charge in [0.05, 0.1) is 0 Å². The molecule has 0 saturated carbocycles. The van der Waals surface area contributed by atoms with Crippen LogP contribution in [-0.4, -0.2) is 7.28 Å². The standard InChI is InChI=1S/C18H14BO/c1-3-7-15(8-4-1)19-16-11-13-18(14-12-16)20-17-9-5-2-6-10-17/h1-14H. The SMILES string of the molecule is [B](c1ccccc1)c1ccc(Oc2ccccc2)cc1. The molecule has 1 radical (unpaired) electrons. The maximum Gasteiger partial charge on any atom is 0.191 e. The molecule has 3 aromatic rings. The minimum absolute atomic E-state index is 0.849. The smallest absolute Gasteiger partial charge is 0.191 e. The van der Waals surface area contributed by atoms with Gasteiger partial charge in [0, 0.05) is 0 Å². The van der Waals surface area contributed by atoms with Gasteiger partial charge in [0.1, 0.15) is 11.5 Å². The first kappa shape index (κ1) is 12.6. The third-order valence-electron chi connectivity index (χ3n) is 2.99. The van der Waals surface area contributed by atoms with Gasteiger partial charge in [-0.1, -0.05) is 71.6 Å². The Morgan fingerprint density at radius 1 is 0.500 bits per heavy atom. The molecule has 0 spiro atoms. The van der Waals surface area contributed by atoms with E-state index in [9.17, 15) is 0 Å². The zero-order chi connectivity index (χ0) is 13.6. The summed E-state index contributed by atoms with van der Waals surface area (Å²) in [5.41, 5.74) is 2.36. The van der Waals surface area contributed by atoms with Crippen molar-refractivity contribution in [1.82, 2.24) is 0 Å². The molecule has 0 aliphatic carbocycles. The highest BCUT2D eigenvalue weighted by molar-refractivity contribution is 6.67. The highest BCUT2D eigenvalue weighted by Crippen LogP contribution is 2.19. The molecule has 0 fully saturated rings. The predicted octanol–water partition coefficient (Wildman–Crippen LogP) is 3.13. The zero-order valence-corrected chi connectivity index (χ0v) is 11.1. The van der Waals surface area contributed by atoms with Crippen LogP contribution in [-0.2, 0) is 0 Å². The quantitative estimate of drug-likeness (QED) is 0.652. The number of hydrogen-bond acceptors (Lipinski definition) is 1. The molecule has 0 aliphatic heterocycles. The Hall–Kier alpha value is -2.48. The molecule has 3 rings (SSSR count). The van der Waals surface area contributed by atoms with Gasteiger partial charge < -0.3 is 4.74 Å². The number of benzene rings is 3. The van der Waals surface area contributed by atoms with Crippen molar-refractivity contribution in [1.29, 1.82) is 0 Å². The van der Waals surface area contributed by atoms with Crippen molar-refractivity contribution in [2.24, 2.45) is 0 Å². The Morgan fingerprint density at radius 3 is 1.65 bits per heavy atom. The van der Waals surface area contributed by atoms with Crippen LogP contribution in [0.15, 0.2) is 84.9 Å². The second-order valence-corrected chi connectivity index (χ2v) is 4.54. The lowest BCUT2D eigenvalue weighted by atomic mass is 9.64. The lowest BCUT2D eigenvalue weighted by Crippen LogP contribution is -2.26. The summed E-state index contributed by atoms with van der Waals surface area (Å²) in [5.74, 6) is 1.70. The third kappa shape index (κ3) is 3.30. The fourth-order valence-corrected chi connectivity index (χ4v) is 2.00. The van der Waals surface area contributed by atoms with E-state index in [-0.39, 0.29) is 0 Å². The van der Waals surface area contributed by atoms with E-state index >= 15 is 0 Å². The molecule has 0 saturated heterocycles. The average Bonchev–Trinajstić information content (AvgIpc) is 2.51. The molecule has 0 aliphatic rings. The first-order valence-corrected chi connectivity index (χ1v) is 6.63. The number of rotatable bonds is 4. The first-order valence-electron chi connectivity index (χ1n) is 6.63. The maximum absolute atomic E-state index is 5.77.